The summed E-state index contributed by atoms with van der Waals surface area (Å²) in [4.78, 5) is 22.6. The standard InChI is InChI=1S/C16H12N2O3/c17-10-12-6-8-14(9-7-12)18-15(11-20-21-18)16(19)13-4-2-1-3-5-13/h1-9,15H,11H2/t15-/m0/s1. The van der Waals surface area contributed by atoms with E-state index in [0.717, 1.165) is 0 Å². The molecule has 0 N–H and O–H groups in total. The van der Waals surface area contributed by atoms with Crippen molar-refractivity contribution in [1.29, 1.82) is 5.26 Å². The number of hydrogen-bond acceptors (Lipinski definition) is 5. The normalized spacial score (nSPS) is 17.5. The molecule has 1 heterocycles. The summed E-state index contributed by atoms with van der Waals surface area (Å²) in [5.41, 5.74) is 1.82. The molecule has 1 fully saturated rings. The molecule has 1 aliphatic rings. The fourth-order valence-electron chi connectivity index (χ4n) is 2.15. The lowest BCUT2D eigenvalue weighted by atomic mass is 10.0. The van der Waals surface area contributed by atoms with Gasteiger partial charge in [-0.15, -0.1) is 4.99 Å². The van der Waals surface area contributed by atoms with Gasteiger partial charge in [-0.05, 0) is 24.3 Å². The highest BCUT2D eigenvalue weighted by Crippen LogP contribution is 2.25. The Morgan fingerprint density at radius 1 is 1.14 bits per heavy atom. The molecule has 5 nitrogen and oxygen atoms in total. The molecule has 5 heteroatoms. The van der Waals surface area contributed by atoms with Crippen molar-refractivity contribution < 1.29 is 14.7 Å². The van der Waals surface area contributed by atoms with Gasteiger partial charge in [0.15, 0.2) is 5.78 Å². The molecule has 0 unspecified atom stereocenters. The smallest absolute Gasteiger partial charge is 0.190 e. The number of anilines is 1. The van der Waals surface area contributed by atoms with E-state index in [9.17, 15) is 4.79 Å². The lowest BCUT2D eigenvalue weighted by Crippen LogP contribution is -2.37. The highest BCUT2D eigenvalue weighted by molar-refractivity contribution is 6.01. The largest absolute Gasteiger partial charge is 0.292 e. The highest BCUT2D eigenvalue weighted by Gasteiger charge is 2.34. The molecule has 21 heavy (non-hydrogen) atoms. The summed E-state index contributed by atoms with van der Waals surface area (Å²) in [6.45, 7) is 0.160. The Kier molecular flexibility index (Phi) is 3.65. The van der Waals surface area contributed by atoms with E-state index in [1.54, 1.807) is 36.4 Å². The van der Waals surface area contributed by atoms with Crippen LogP contribution in [0.25, 0.3) is 0 Å². The Balaban J connectivity index is 1.85. The molecular formula is C16H12N2O3. The van der Waals surface area contributed by atoms with Crippen LogP contribution in [-0.2, 0) is 9.88 Å². The number of hydroxylamine groups is 1. The Morgan fingerprint density at radius 3 is 2.52 bits per heavy atom. The highest BCUT2D eigenvalue weighted by atomic mass is 17.3. The summed E-state index contributed by atoms with van der Waals surface area (Å²) in [6, 6.07) is 17.3. The zero-order valence-corrected chi connectivity index (χ0v) is 11.1. The third-order valence-corrected chi connectivity index (χ3v) is 3.25. The predicted octanol–water partition coefficient (Wildman–Crippen LogP) is 2.49. The molecule has 1 saturated heterocycles. The van der Waals surface area contributed by atoms with Gasteiger partial charge in [-0.2, -0.15) is 5.26 Å². The summed E-state index contributed by atoms with van der Waals surface area (Å²) in [5, 5.41) is 10.2. The van der Waals surface area contributed by atoms with Crippen LogP contribution >= 0.6 is 0 Å². The van der Waals surface area contributed by atoms with Crippen molar-refractivity contribution in [2.24, 2.45) is 0 Å². The summed E-state index contributed by atoms with van der Waals surface area (Å²) >= 11 is 0. The van der Waals surface area contributed by atoms with Crippen LogP contribution in [0.15, 0.2) is 54.6 Å². The monoisotopic (exact) mass is 280 g/mol. The minimum atomic E-state index is -0.541. The maximum atomic E-state index is 12.5. The van der Waals surface area contributed by atoms with E-state index in [1.807, 2.05) is 24.3 Å². The van der Waals surface area contributed by atoms with Crippen molar-refractivity contribution in [3.05, 3.63) is 65.7 Å². The van der Waals surface area contributed by atoms with Gasteiger partial charge < -0.3 is 0 Å². The van der Waals surface area contributed by atoms with Crippen molar-refractivity contribution in [2.75, 3.05) is 11.7 Å². The van der Waals surface area contributed by atoms with Gasteiger partial charge in [-0.3, -0.25) is 4.79 Å². The van der Waals surface area contributed by atoms with Crippen LogP contribution < -0.4 is 5.06 Å². The van der Waals surface area contributed by atoms with Crippen molar-refractivity contribution in [2.45, 2.75) is 6.04 Å². The number of nitrogens with zero attached hydrogens (tertiary/aromatic N) is 2. The number of nitriles is 1. The lowest BCUT2D eigenvalue weighted by Gasteiger charge is -2.20. The molecule has 0 bridgehead atoms. The summed E-state index contributed by atoms with van der Waals surface area (Å²) < 4.78 is 0. The van der Waals surface area contributed by atoms with Gasteiger partial charge in [-0.25, -0.2) is 9.95 Å². The lowest BCUT2D eigenvalue weighted by molar-refractivity contribution is -0.258. The molecule has 2 aromatic carbocycles. The number of ketones is 1. The molecule has 1 aliphatic heterocycles. The van der Waals surface area contributed by atoms with Gasteiger partial charge >= 0.3 is 0 Å². The topological polar surface area (TPSA) is 62.6 Å². The number of hydrogen-bond donors (Lipinski definition) is 0. The van der Waals surface area contributed by atoms with Crippen LogP contribution in [0.4, 0.5) is 5.69 Å². The molecule has 2 aromatic rings. The van der Waals surface area contributed by atoms with Crippen LogP contribution in [0, 0.1) is 11.3 Å². The third-order valence-electron chi connectivity index (χ3n) is 3.25. The van der Waals surface area contributed by atoms with Gasteiger partial charge in [-0.1, -0.05) is 30.3 Å². The zero-order chi connectivity index (χ0) is 14.7. The first kappa shape index (κ1) is 13.3. The second-order valence-electron chi connectivity index (χ2n) is 4.59. The fourth-order valence-corrected chi connectivity index (χ4v) is 2.15. The quantitative estimate of drug-likeness (QED) is 0.638. The fraction of sp³-hybridized carbons (Fsp3) is 0.125. The Morgan fingerprint density at radius 2 is 1.86 bits per heavy atom. The molecule has 0 aliphatic carbocycles. The van der Waals surface area contributed by atoms with E-state index in [1.165, 1.54) is 5.06 Å². The van der Waals surface area contributed by atoms with Crippen molar-refractivity contribution in [1.82, 2.24) is 0 Å². The molecule has 0 aromatic heterocycles. The Labute approximate surface area is 121 Å². The summed E-state index contributed by atoms with van der Waals surface area (Å²) in [6.07, 6.45) is 0. The maximum absolute atomic E-state index is 12.5. The van der Waals surface area contributed by atoms with Crippen LogP contribution in [0.5, 0.6) is 0 Å². The zero-order valence-electron chi connectivity index (χ0n) is 11.1. The van der Waals surface area contributed by atoms with E-state index in [-0.39, 0.29) is 12.4 Å². The second-order valence-corrected chi connectivity index (χ2v) is 4.59. The van der Waals surface area contributed by atoms with Crippen LogP contribution in [-0.4, -0.2) is 18.4 Å². The van der Waals surface area contributed by atoms with Gasteiger partial charge in [0.1, 0.15) is 12.6 Å². The Bertz CT molecular complexity index is 677. The van der Waals surface area contributed by atoms with Gasteiger partial charge in [0.25, 0.3) is 0 Å². The van der Waals surface area contributed by atoms with Crippen molar-refractivity contribution in [3.63, 3.8) is 0 Å². The minimum Gasteiger partial charge on any atom is -0.292 e. The van der Waals surface area contributed by atoms with Crippen LogP contribution in [0.3, 0.4) is 0 Å². The van der Waals surface area contributed by atoms with E-state index < -0.39 is 6.04 Å². The van der Waals surface area contributed by atoms with E-state index in [4.69, 9.17) is 15.1 Å². The molecule has 3 rings (SSSR count). The molecule has 0 amide bonds. The Hall–Kier alpha value is -2.68. The molecule has 0 saturated carbocycles. The SMILES string of the molecule is N#Cc1ccc(N2OOC[C@H]2C(=O)c2ccccc2)cc1. The first-order chi connectivity index (χ1) is 10.3. The molecular weight excluding hydrogens is 268 g/mol. The number of rotatable bonds is 3. The van der Waals surface area contributed by atoms with Gasteiger partial charge in [0.05, 0.1) is 17.3 Å². The minimum absolute atomic E-state index is 0.0718. The maximum Gasteiger partial charge on any atom is 0.190 e. The predicted molar refractivity (Wildman–Crippen MR) is 75.2 cm³/mol. The number of Topliss-reactive ketones (excluding diaryl/α,β-unsaturated/α-hetero) is 1. The molecule has 1 atom stereocenters. The molecule has 0 radical (unpaired) electrons. The second kappa shape index (κ2) is 5.75. The van der Waals surface area contributed by atoms with E-state index in [2.05, 4.69) is 0 Å². The van der Waals surface area contributed by atoms with Crippen LogP contribution in [0.2, 0.25) is 0 Å². The summed E-state index contributed by atoms with van der Waals surface area (Å²) in [5.74, 6) is -0.0718. The molecule has 0 spiro atoms. The van der Waals surface area contributed by atoms with E-state index in [0.29, 0.717) is 16.8 Å². The van der Waals surface area contributed by atoms with Crippen molar-refractivity contribution >= 4 is 11.5 Å². The van der Waals surface area contributed by atoms with E-state index >= 15 is 0 Å². The first-order valence-electron chi connectivity index (χ1n) is 6.48. The number of benzene rings is 2. The van der Waals surface area contributed by atoms with Crippen molar-refractivity contribution in [3.8, 4) is 6.07 Å². The van der Waals surface area contributed by atoms with Gasteiger partial charge in [0, 0.05) is 5.56 Å². The third kappa shape index (κ3) is 2.63. The average molecular weight is 280 g/mol. The number of carbonyl (C=O) groups excluding carboxylic acids is 1. The first-order valence-corrected chi connectivity index (χ1v) is 6.48. The average Bonchev–Trinajstić information content (AvgIpc) is 3.04. The number of carbonyl (C=O) groups is 1. The van der Waals surface area contributed by atoms with Crippen LogP contribution in [0.1, 0.15) is 15.9 Å². The van der Waals surface area contributed by atoms with Gasteiger partial charge in [0.2, 0.25) is 0 Å². The molecule has 104 valence electrons. The summed E-state index contributed by atoms with van der Waals surface area (Å²) in [7, 11) is 0.